The molecule has 0 radical (unpaired) electrons. The first-order valence-corrected chi connectivity index (χ1v) is 6.66. The summed E-state index contributed by atoms with van der Waals surface area (Å²) in [4.78, 5) is 11.5. The number of hydrogen-bond acceptors (Lipinski definition) is 2. The SMILES string of the molecule is Cc1ccc(C(NCC2CC2)C(N)=O)c(Br)c1. The number of amides is 1. The molecule has 0 aliphatic heterocycles. The molecule has 1 aliphatic rings. The fourth-order valence-electron chi connectivity index (χ4n) is 1.84. The largest absolute Gasteiger partial charge is 0.368 e. The van der Waals surface area contributed by atoms with Gasteiger partial charge in [-0.3, -0.25) is 4.79 Å². The fraction of sp³-hybridized carbons (Fsp3) is 0.462. The van der Waals surface area contributed by atoms with Crippen molar-refractivity contribution in [3.63, 3.8) is 0 Å². The molecule has 1 aromatic rings. The van der Waals surface area contributed by atoms with Gasteiger partial charge in [0, 0.05) is 4.47 Å². The highest BCUT2D eigenvalue weighted by Gasteiger charge is 2.25. The third-order valence-electron chi connectivity index (χ3n) is 3.06. The average molecular weight is 297 g/mol. The van der Waals surface area contributed by atoms with Crippen LogP contribution in [-0.4, -0.2) is 12.5 Å². The lowest BCUT2D eigenvalue weighted by Gasteiger charge is -2.17. The maximum Gasteiger partial charge on any atom is 0.239 e. The molecule has 0 heterocycles. The van der Waals surface area contributed by atoms with Gasteiger partial charge in [0.1, 0.15) is 6.04 Å². The molecule has 1 atom stereocenters. The Balaban J connectivity index is 2.15. The Kier molecular flexibility index (Phi) is 3.84. The van der Waals surface area contributed by atoms with E-state index < -0.39 is 6.04 Å². The first-order chi connectivity index (χ1) is 8.08. The van der Waals surface area contributed by atoms with Crippen LogP contribution in [0.25, 0.3) is 0 Å². The van der Waals surface area contributed by atoms with E-state index >= 15 is 0 Å². The van der Waals surface area contributed by atoms with Crippen LogP contribution in [0.15, 0.2) is 22.7 Å². The van der Waals surface area contributed by atoms with Crippen molar-refractivity contribution in [3.8, 4) is 0 Å². The molecule has 0 spiro atoms. The minimum atomic E-state index is -0.398. The monoisotopic (exact) mass is 296 g/mol. The zero-order chi connectivity index (χ0) is 12.4. The fourth-order valence-corrected chi connectivity index (χ4v) is 2.56. The Morgan fingerprint density at radius 3 is 2.82 bits per heavy atom. The molecule has 3 N–H and O–H groups in total. The lowest BCUT2D eigenvalue weighted by molar-refractivity contribution is -0.120. The smallest absolute Gasteiger partial charge is 0.239 e. The number of nitrogens with one attached hydrogen (secondary N) is 1. The minimum absolute atomic E-state index is 0.324. The average Bonchev–Trinajstić information content (AvgIpc) is 3.04. The minimum Gasteiger partial charge on any atom is -0.368 e. The molecule has 1 fully saturated rings. The number of nitrogens with two attached hydrogens (primary N) is 1. The summed E-state index contributed by atoms with van der Waals surface area (Å²) in [5.41, 5.74) is 7.54. The number of aryl methyl sites for hydroxylation is 1. The Morgan fingerprint density at radius 2 is 2.29 bits per heavy atom. The summed E-state index contributed by atoms with van der Waals surface area (Å²) in [5.74, 6) is 0.399. The molecule has 92 valence electrons. The summed E-state index contributed by atoms with van der Waals surface area (Å²) < 4.78 is 0.935. The maximum atomic E-state index is 11.5. The van der Waals surface area contributed by atoms with Gasteiger partial charge in [-0.25, -0.2) is 0 Å². The van der Waals surface area contributed by atoms with Gasteiger partial charge in [0.15, 0.2) is 0 Å². The normalized spacial score (nSPS) is 16.8. The summed E-state index contributed by atoms with van der Waals surface area (Å²) in [5, 5.41) is 3.25. The molecule has 1 saturated carbocycles. The van der Waals surface area contributed by atoms with Gasteiger partial charge in [0.2, 0.25) is 5.91 Å². The van der Waals surface area contributed by atoms with Gasteiger partial charge < -0.3 is 11.1 Å². The van der Waals surface area contributed by atoms with Gasteiger partial charge in [-0.05, 0) is 49.4 Å². The second-order valence-electron chi connectivity index (χ2n) is 4.71. The van der Waals surface area contributed by atoms with Crippen LogP contribution in [-0.2, 0) is 4.79 Å². The number of benzene rings is 1. The van der Waals surface area contributed by atoms with Gasteiger partial charge in [0.05, 0.1) is 0 Å². The Bertz CT molecular complexity index is 429. The Hall–Kier alpha value is -0.870. The summed E-state index contributed by atoms with van der Waals surface area (Å²) in [7, 11) is 0. The van der Waals surface area contributed by atoms with E-state index in [2.05, 4.69) is 21.2 Å². The molecule has 1 aliphatic carbocycles. The lowest BCUT2D eigenvalue weighted by Crippen LogP contribution is -2.35. The molecule has 17 heavy (non-hydrogen) atoms. The molecule has 0 saturated heterocycles. The second-order valence-corrected chi connectivity index (χ2v) is 5.57. The summed E-state index contributed by atoms with van der Waals surface area (Å²) in [6, 6.07) is 5.55. The van der Waals surface area contributed by atoms with Crippen molar-refractivity contribution in [1.29, 1.82) is 0 Å². The quantitative estimate of drug-likeness (QED) is 0.876. The van der Waals surface area contributed by atoms with Gasteiger partial charge in [-0.15, -0.1) is 0 Å². The summed E-state index contributed by atoms with van der Waals surface area (Å²) in [6.07, 6.45) is 2.51. The number of hydrogen-bond donors (Lipinski definition) is 2. The van der Waals surface area contributed by atoms with Crippen LogP contribution in [0.5, 0.6) is 0 Å². The highest BCUT2D eigenvalue weighted by atomic mass is 79.9. The van der Waals surface area contributed by atoms with Crippen LogP contribution in [0.4, 0.5) is 0 Å². The van der Waals surface area contributed by atoms with E-state index in [0.29, 0.717) is 0 Å². The van der Waals surface area contributed by atoms with Crippen molar-refractivity contribution in [1.82, 2.24) is 5.32 Å². The highest BCUT2D eigenvalue weighted by Crippen LogP contribution is 2.30. The van der Waals surface area contributed by atoms with Gasteiger partial charge >= 0.3 is 0 Å². The van der Waals surface area contributed by atoms with Gasteiger partial charge in [0.25, 0.3) is 0 Å². The number of carbonyl (C=O) groups is 1. The highest BCUT2D eigenvalue weighted by molar-refractivity contribution is 9.10. The summed E-state index contributed by atoms with van der Waals surface area (Å²) in [6.45, 7) is 2.89. The van der Waals surface area contributed by atoms with Gasteiger partial charge in [-0.2, -0.15) is 0 Å². The third-order valence-corrected chi connectivity index (χ3v) is 3.75. The van der Waals surface area contributed by atoms with Crippen molar-refractivity contribution in [2.24, 2.45) is 11.7 Å². The third kappa shape index (κ3) is 3.30. The van der Waals surface area contributed by atoms with Crippen LogP contribution in [0, 0.1) is 12.8 Å². The van der Waals surface area contributed by atoms with E-state index in [1.807, 2.05) is 25.1 Å². The number of primary amides is 1. The predicted octanol–water partition coefficient (Wildman–Crippen LogP) is 2.28. The molecule has 0 bridgehead atoms. The molecule has 3 nitrogen and oxygen atoms in total. The molecule has 1 aromatic carbocycles. The second kappa shape index (κ2) is 5.19. The van der Waals surface area contributed by atoms with E-state index in [1.165, 1.54) is 12.8 Å². The molecular weight excluding hydrogens is 280 g/mol. The lowest BCUT2D eigenvalue weighted by atomic mass is 10.0. The topological polar surface area (TPSA) is 55.1 Å². The zero-order valence-corrected chi connectivity index (χ0v) is 11.5. The molecule has 1 amide bonds. The number of rotatable bonds is 5. The molecule has 1 unspecified atom stereocenters. The van der Waals surface area contributed by atoms with Crippen LogP contribution in [0.3, 0.4) is 0 Å². The first kappa shape index (κ1) is 12.6. The van der Waals surface area contributed by atoms with Crippen molar-refractivity contribution >= 4 is 21.8 Å². The summed E-state index contributed by atoms with van der Waals surface area (Å²) >= 11 is 3.49. The van der Waals surface area contributed by atoms with Crippen LogP contribution >= 0.6 is 15.9 Å². The number of halogens is 1. The van der Waals surface area contributed by atoms with E-state index in [0.717, 1.165) is 28.1 Å². The molecule has 0 aromatic heterocycles. The van der Waals surface area contributed by atoms with E-state index in [1.54, 1.807) is 0 Å². The van der Waals surface area contributed by atoms with Crippen molar-refractivity contribution in [2.45, 2.75) is 25.8 Å². The number of carbonyl (C=O) groups excluding carboxylic acids is 1. The predicted molar refractivity (Wildman–Crippen MR) is 71.5 cm³/mol. The van der Waals surface area contributed by atoms with E-state index in [9.17, 15) is 4.79 Å². The van der Waals surface area contributed by atoms with Crippen molar-refractivity contribution in [2.75, 3.05) is 6.54 Å². The maximum absolute atomic E-state index is 11.5. The zero-order valence-electron chi connectivity index (χ0n) is 9.87. The van der Waals surface area contributed by atoms with E-state index in [-0.39, 0.29) is 5.91 Å². The van der Waals surface area contributed by atoms with Crippen molar-refractivity contribution < 1.29 is 4.79 Å². The standard InChI is InChI=1S/C13H17BrN2O/c1-8-2-5-10(11(14)6-8)12(13(15)17)16-7-9-3-4-9/h2,5-6,9,12,16H,3-4,7H2,1H3,(H2,15,17). The molecule has 4 heteroatoms. The van der Waals surface area contributed by atoms with Crippen LogP contribution < -0.4 is 11.1 Å². The van der Waals surface area contributed by atoms with E-state index in [4.69, 9.17) is 5.73 Å². The van der Waals surface area contributed by atoms with Crippen molar-refractivity contribution in [3.05, 3.63) is 33.8 Å². The molecular formula is C13H17BrN2O. The van der Waals surface area contributed by atoms with Crippen LogP contribution in [0.1, 0.15) is 30.0 Å². The van der Waals surface area contributed by atoms with Crippen LogP contribution in [0.2, 0.25) is 0 Å². The van der Waals surface area contributed by atoms with Gasteiger partial charge in [-0.1, -0.05) is 28.1 Å². The molecule has 2 rings (SSSR count). The Morgan fingerprint density at radius 1 is 1.59 bits per heavy atom. The Labute approximate surface area is 110 Å². The first-order valence-electron chi connectivity index (χ1n) is 5.86.